The fourth-order valence-corrected chi connectivity index (χ4v) is 10.7. The lowest BCUT2D eigenvalue weighted by molar-refractivity contribution is 0.635. The van der Waals surface area contributed by atoms with Crippen molar-refractivity contribution in [1.82, 2.24) is 4.57 Å². The van der Waals surface area contributed by atoms with Crippen molar-refractivity contribution >= 4 is 94.8 Å². The van der Waals surface area contributed by atoms with Crippen molar-refractivity contribution in [2.75, 3.05) is 0 Å². The van der Waals surface area contributed by atoms with Gasteiger partial charge in [-0.1, -0.05) is 194 Å². The Bertz CT molecular complexity index is 4350. The molecule has 0 unspecified atom stereocenters. The molecule has 0 fully saturated rings. The zero-order chi connectivity index (χ0) is 50.2. The van der Waals surface area contributed by atoms with E-state index in [-0.39, 0.29) is 5.84 Å². The van der Waals surface area contributed by atoms with Gasteiger partial charge in [-0.25, -0.2) is 9.98 Å². The number of hydrogen-bond donors (Lipinski definition) is 1. The molecular formula is C69H50N4O2. The number of nitrogens with zero attached hydrogens (tertiary/aromatic N) is 3. The van der Waals surface area contributed by atoms with Crippen LogP contribution in [0.1, 0.15) is 36.5 Å². The number of amidine groups is 2. The Balaban J connectivity index is 1.06. The van der Waals surface area contributed by atoms with Crippen LogP contribution < -0.4 is 0 Å². The minimum absolute atomic E-state index is 0.118. The molecule has 12 aromatic rings. The van der Waals surface area contributed by atoms with Crippen LogP contribution in [-0.2, 0) is 6.42 Å². The van der Waals surface area contributed by atoms with Crippen LogP contribution in [0.15, 0.2) is 267 Å². The molecule has 0 amide bonds. The van der Waals surface area contributed by atoms with E-state index in [2.05, 4.69) is 187 Å². The van der Waals surface area contributed by atoms with E-state index in [0.717, 1.165) is 129 Å². The SMILES string of the molecule is C/C(=C\C(=C(/Cc1ccc(-c2ccccc2)cc1)n1c2ccccc2c2c3oc4c(ccc5c6ccccc6oc54)c3ccc21)c1ccc(-c2ccccc2)cc1)C(=N)/N=C(\N=C\C1=CCCC=C1)c1ccccc1. The van der Waals surface area contributed by atoms with Crippen LogP contribution in [0.25, 0.3) is 99.2 Å². The first kappa shape index (κ1) is 45.2. The van der Waals surface area contributed by atoms with E-state index in [1.807, 2.05) is 67.7 Å². The highest BCUT2D eigenvalue weighted by Gasteiger charge is 2.24. The van der Waals surface area contributed by atoms with Crippen LogP contribution in [0.4, 0.5) is 0 Å². The smallest absolute Gasteiger partial charge is 0.178 e. The van der Waals surface area contributed by atoms with Gasteiger partial charge in [0.15, 0.2) is 17.0 Å². The lowest BCUT2D eigenvalue weighted by Crippen LogP contribution is -2.07. The third-order valence-corrected chi connectivity index (χ3v) is 14.4. The van der Waals surface area contributed by atoms with Gasteiger partial charge in [0.25, 0.3) is 0 Å². The third kappa shape index (κ3) is 8.52. The van der Waals surface area contributed by atoms with Crippen molar-refractivity contribution in [2.45, 2.75) is 26.2 Å². The maximum absolute atomic E-state index is 9.73. The molecule has 3 heterocycles. The van der Waals surface area contributed by atoms with E-state index in [1.165, 1.54) is 5.56 Å². The largest absolute Gasteiger partial charge is 0.452 e. The number of hydrogen-bond acceptors (Lipinski definition) is 3. The zero-order valence-corrected chi connectivity index (χ0v) is 41.4. The first-order valence-corrected chi connectivity index (χ1v) is 25.6. The lowest BCUT2D eigenvalue weighted by atomic mass is 9.94. The molecular weight excluding hydrogens is 917 g/mol. The van der Waals surface area contributed by atoms with Gasteiger partial charge < -0.3 is 13.4 Å². The Kier molecular flexibility index (Phi) is 11.7. The summed E-state index contributed by atoms with van der Waals surface area (Å²) in [5.74, 6) is 0.592. The van der Waals surface area contributed by atoms with Crippen LogP contribution in [0.5, 0.6) is 0 Å². The molecule has 1 N–H and O–H groups in total. The molecule has 1 aliphatic rings. The van der Waals surface area contributed by atoms with Gasteiger partial charge in [-0.3, -0.25) is 5.41 Å². The molecule has 6 heteroatoms. The predicted octanol–water partition coefficient (Wildman–Crippen LogP) is 18.3. The third-order valence-electron chi connectivity index (χ3n) is 14.4. The normalized spacial score (nSPS) is 13.7. The maximum atomic E-state index is 9.73. The van der Waals surface area contributed by atoms with E-state index >= 15 is 0 Å². The second-order valence-corrected chi connectivity index (χ2v) is 19.2. The Hall–Kier alpha value is -9.65. The van der Waals surface area contributed by atoms with Crippen molar-refractivity contribution in [1.29, 1.82) is 5.41 Å². The summed E-state index contributed by atoms with van der Waals surface area (Å²) in [5.41, 5.74) is 16.4. The molecule has 358 valence electrons. The fraction of sp³-hybridized carbons (Fsp3) is 0.0580. The zero-order valence-electron chi connectivity index (χ0n) is 41.4. The standard InChI is InChI=1S/C69H50N4O2/c1-45(68(70)72-69(53-24-12-5-13-25-53)71-44-47-18-6-2-7-19-47)42-59(52-36-34-51(35-37-52)49-22-10-4-11-23-49)62(43-46-30-32-50(33-31-46)48-20-8-3-9-21-48)73-60-28-16-14-27-58(60)64-61(73)41-40-56-57-39-38-55-54-26-15-17-29-63(54)74-66(55)67(57)75-65(56)64/h3-6,8-42,44,70H,2,7,43H2,1H3/b45-42+,62-59-,70-68?,71-44+,72-69-. The number of aliphatic imine (C=N–C) groups is 2. The second kappa shape index (κ2) is 19.4. The summed E-state index contributed by atoms with van der Waals surface area (Å²) in [6.45, 7) is 1.98. The van der Waals surface area contributed by atoms with Crippen molar-refractivity contribution in [3.63, 3.8) is 0 Å². The van der Waals surface area contributed by atoms with Crippen LogP contribution in [-0.4, -0.2) is 22.5 Å². The molecule has 0 bridgehead atoms. The van der Waals surface area contributed by atoms with E-state index in [1.54, 1.807) is 0 Å². The van der Waals surface area contributed by atoms with Crippen molar-refractivity contribution in [3.8, 4) is 22.3 Å². The molecule has 0 saturated carbocycles. The molecule has 0 atom stereocenters. The monoisotopic (exact) mass is 966 g/mol. The fourth-order valence-electron chi connectivity index (χ4n) is 10.7. The van der Waals surface area contributed by atoms with Gasteiger partial charge in [0.1, 0.15) is 17.0 Å². The molecule has 0 saturated heterocycles. The van der Waals surface area contributed by atoms with Crippen molar-refractivity contribution < 1.29 is 8.83 Å². The first-order valence-electron chi connectivity index (χ1n) is 25.6. The highest BCUT2D eigenvalue weighted by Crippen LogP contribution is 2.45. The van der Waals surface area contributed by atoms with Crippen LogP contribution >= 0.6 is 0 Å². The van der Waals surface area contributed by atoms with E-state index in [9.17, 15) is 5.41 Å². The molecule has 9 aromatic carbocycles. The van der Waals surface area contributed by atoms with Crippen molar-refractivity contribution in [3.05, 3.63) is 264 Å². The summed E-state index contributed by atoms with van der Waals surface area (Å²) in [5, 5.41) is 15.9. The topological polar surface area (TPSA) is 79.8 Å². The molecule has 75 heavy (non-hydrogen) atoms. The number of benzene rings is 9. The minimum atomic E-state index is 0.118. The maximum Gasteiger partial charge on any atom is 0.178 e. The average Bonchev–Trinajstić information content (AvgIpc) is 4.16. The molecule has 13 rings (SSSR count). The molecule has 0 radical (unpaired) electrons. The number of para-hydroxylation sites is 2. The number of rotatable bonds is 10. The number of aromatic nitrogens is 1. The van der Waals surface area contributed by atoms with Crippen LogP contribution in [0, 0.1) is 5.41 Å². The van der Waals surface area contributed by atoms with Crippen LogP contribution in [0.2, 0.25) is 0 Å². The van der Waals surface area contributed by atoms with Gasteiger partial charge in [0.2, 0.25) is 0 Å². The van der Waals surface area contributed by atoms with Gasteiger partial charge in [-0.05, 0) is 107 Å². The highest BCUT2D eigenvalue weighted by atomic mass is 16.4. The number of allylic oxidation sites excluding steroid dienone is 7. The molecule has 0 spiro atoms. The number of fused-ring (bicyclic) bond motifs is 11. The van der Waals surface area contributed by atoms with E-state index in [4.69, 9.17) is 18.8 Å². The Labute approximate surface area is 434 Å². The second-order valence-electron chi connectivity index (χ2n) is 19.2. The minimum Gasteiger partial charge on any atom is -0.452 e. The Morgan fingerprint density at radius 2 is 1.12 bits per heavy atom. The van der Waals surface area contributed by atoms with Crippen LogP contribution in [0.3, 0.4) is 0 Å². The van der Waals surface area contributed by atoms with Gasteiger partial charge >= 0.3 is 0 Å². The van der Waals surface area contributed by atoms with E-state index < -0.39 is 0 Å². The van der Waals surface area contributed by atoms with Gasteiger partial charge in [-0.2, -0.15) is 0 Å². The quantitative estimate of drug-likeness (QED) is 0.0842. The predicted molar refractivity (Wildman–Crippen MR) is 314 cm³/mol. The number of furan rings is 2. The molecule has 3 aromatic heterocycles. The Morgan fingerprint density at radius 3 is 1.83 bits per heavy atom. The summed E-state index contributed by atoms with van der Waals surface area (Å²) in [7, 11) is 0. The van der Waals surface area contributed by atoms with Gasteiger partial charge in [-0.15, -0.1) is 0 Å². The molecule has 1 aliphatic carbocycles. The Morgan fingerprint density at radius 1 is 0.533 bits per heavy atom. The summed E-state index contributed by atoms with van der Waals surface area (Å²) >= 11 is 0. The highest BCUT2D eigenvalue weighted by molar-refractivity contribution is 6.27. The summed E-state index contributed by atoms with van der Waals surface area (Å²) in [6, 6.07) is 74.2. The van der Waals surface area contributed by atoms with Crippen molar-refractivity contribution in [2.24, 2.45) is 9.98 Å². The molecule has 6 nitrogen and oxygen atoms in total. The van der Waals surface area contributed by atoms with Gasteiger partial charge in [0, 0.05) is 56.4 Å². The van der Waals surface area contributed by atoms with Gasteiger partial charge in [0.05, 0.1) is 16.4 Å². The molecule has 0 aliphatic heterocycles. The number of nitrogens with one attached hydrogen (secondary N) is 1. The summed E-state index contributed by atoms with van der Waals surface area (Å²) in [6.07, 6.45) is 13.0. The average molecular weight is 967 g/mol. The first-order chi connectivity index (χ1) is 37.0. The van der Waals surface area contributed by atoms with E-state index in [0.29, 0.717) is 17.8 Å². The lowest BCUT2D eigenvalue weighted by Gasteiger charge is -2.19. The summed E-state index contributed by atoms with van der Waals surface area (Å²) < 4.78 is 16.1. The summed E-state index contributed by atoms with van der Waals surface area (Å²) in [4.78, 5) is 9.92.